The van der Waals surface area contributed by atoms with E-state index >= 15 is 0 Å². The lowest BCUT2D eigenvalue weighted by Crippen LogP contribution is -2.55. The minimum absolute atomic E-state index is 0.137. The van der Waals surface area contributed by atoms with Crippen LogP contribution >= 0.6 is 0 Å². The monoisotopic (exact) mass is 450 g/mol. The summed E-state index contributed by atoms with van der Waals surface area (Å²) in [5.74, 6) is 0.738. The number of aromatic nitrogens is 3. The topological polar surface area (TPSA) is 89.6 Å². The highest BCUT2D eigenvalue weighted by Crippen LogP contribution is 2.36. The largest absolute Gasteiger partial charge is 0.431 e. The van der Waals surface area contributed by atoms with Crippen LogP contribution in [0.25, 0.3) is 11.3 Å². The number of nitrogens with two attached hydrogens (primary N) is 1. The number of ether oxygens (including phenoxy) is 2. The normalized spacial score (nSPS) is 27.4. The lowest BCUT2D eigenvalue weighted by atomic mass is 9.97. The van der Waals surface area contributed by atoms with E-state index in [0.29, 0.717) is 49.1 Å². The minimum Gasteiger partial charge on any atom is -0.431 e. The molecule has 0 aromatic carbocycles. The van der Waals surface area contributed by atoms with Crippen molar-refractivity contribution in [2.45, 2.75) is 50.6 Å². The standard InChI is InChI=1S/C21H25F3N6O2/c1-21(24)4-5-29(11-21)20-27-15(12-6-16(32-19(22)23)18(25)26-8-12)7-17(28-20)30-9-14-3-2-13(30)10-31-14/h6-8,13-14,19H,2-5,9-11H2,1H3,(H2,25,26)/t13-,14-,21+/m0/s1. The third-order valence-electron chi connectivity index (χ3n) is 6.28. The molecule has 2 aromatic rings. The van der Waals surface area contributed by atoms with Crippen LogP contribution < -0.4 is 20.3 Å². The molecule has 2 bridgehead atoms. The number of pyridine rings is 1. The zero-order valence-corrected chi connectivity index (χ0v) is 17.7. The quantitative estimate of drug-likeness (QED) is 0.744. The highest BCUT2D eigenvalue weighted by molar-refractivity contribution is 5.68. The Balaban J connectivity index is 1.55. The number of piperidine rings is 1. The van der Waals surface area contributed by atoms with Gasteiger partial charge in [-0.25, -0.2) is 14.4 Å². The molecule has 4 fully saturated rings. The molecule has 8 nitrogen and oxygen atoms in total. The molecule has 2 N–H and O–H groups in total. The molecular formula is C21H25F3N6O2. The Hall–Kier alpha value is -2.82. The van der Waals surface area contributed by atoms with Crippen LogP contribution in [0, 0.1) is 0 Å². The summed E-state index contributed by atoms with van der Waals surface area (Å²) in [7, 11) is 0. The Morgan fingerprint density at radius 2 is 2.12 bits per heavy atom. The Kier molecular flexibility index (Phi) is 5.23. The van der Waals surface area contributed by atoms with Crippen molar-refractivity contribution in [2.24, 2.45) is 0 Å². The molecule has 3 atom stereocenters. The zero-order valence-electron chi connectivity index (χ0n) is 17.7. The molecule has 6 rings (SSSR count). The van der Waals surface area contributed by atoms with Gasteiger partial charge in [0.05, 0.1) is 31.0 Å². The minimum atomic E-state index is -3.03. The first kappa shape index (κ1) is 21.0. The van der Waals surface area contributed by atoms with Gasteiger partial charge in [0.15, 0.2) is 11.6 Å². The molecule has 6 heterocycles. The van der Waals surface area contributed by atoms with E-state index in [1.807, 2.05) is 4.90 Å². The number of hydrogen-bond acceptors (Lipinski definition) is 8. The summed E-state index contributed by atoms with van der Waals surface area (Å²) in [5, 5.41) is 0. The van der Waals surface area contributed by atoms with Gasteiger partial charge in [0.2, 0.25) is 5.95 Å². The SMILES string of the molecule is C[C@@]1(F)CCN(c2nc(-c3cnc(N)c(OC(F)F)c3)cc(N3C[C@@H]4CC[C@H]3CO4)n2)C1. The summed E-state index contributed by atoms with van der Waals surface area (Å²) >= 11 is 0. The predicted molar refractivity (Wildman–Crippen MR) is 113 cm³/mol. The maximum absolute atomic E-state index is 14.5. The average molecular weight is 450 g/mol. The van der Waals surface area contributed by atoms with E-state index < -0.39 is 12.3 Å². The zero-order chi connectivity index (χ0) is 22.5. The van der Waals surface area contributed by atoms with Gasteiger partial charge >= 0.3 is 6.61 Å². The summed E-state index contributed by atoms with van der Waals surface area (Å²) in [6.07, 6.45) is 3.99. The predicted octanol–water partition coefficient (Wildman–Crippen LogP) is 3.03. The molecule has 0 unspecified atom stereocenters. The van der Waals surface area contributed by atoms with E-state index in [4.69, 9.17) is 15.5 Å². The van der Waals surface area contributed by atoms with Crippen molar-refractivity contribution in [3.63, 3.8) is 0 Å². The molecule has 0 spiro atoms. The number of alkyl halides is 3. The van der Waals surface area contributed by atoms with Crippen LogP contribution in [-0.2, 0) is 4.74 Å². The number of hydrogen-bond donors (Lipinski definition) is 1. The molecule has 0 saturated carbocycles. The number of fused-ring (bicyclic) bond motifs is 3. The molecular weight excluding hydrogens is 425 g/mol. The second kappa shape index (κ2) is 7.95. The molecule has 2 aromatic heterocycles. The molecule has 0 radical (unpaired) electrons. The third kappa shape index (κ3) is 4.13. The summed E-state index contributed by atoms with van der Waals surface area (Å²) < 4.78 is 50.4. The highest BCUT2D eigenvalue weighted by atomic mass is 19.3. The van der Waals surface area contributed by atoms with Gasteiger partial charge in [-0.2, -0.15) is 13.8 Å². The van der Waals surface area contributed by atoms with Gasteiger partial charge in [0.25, 0.3) is 0 Å². The maximum Gasteiger partial charge on any atom is 0.387 e. The summed E-state index contributed by atoms with van der Waals surface area (Å²) in [4.78, 5) is 17.4. The smallest absolute Gasteiger partial charge is 0.387 e. The second-order valence-corrected chi connectivity index (χ2v) is 8.82. The number of nitrogen functional groups attached to an aromatic ring is 1. The molecule has 4 aliphatic heterocycles. The molecule has 4 saturated heterocycles. The molecule has 0 amide bonds. The van der Waals surface area contributed by atoms with Crippen molar-refractivity contribution in [2.75, 3.05) is 41.8 Å². The first-order valence-corrected chi connectivity index (χ1v) is 10.7. The van der Waals surface area contributed by atoms with Crippen molar-refractivity contribution < 1.29 is 22.6 Å². The van der Waals surface area contributed by atoms with Crippen LogP contribution in [0.4, 0.5) is 30.8 Å². The molecule has 32 heavy (non-hydrogen) atoms. The summed E-state index contributed by atoms with van der Waals surface area (Å²) in [5.41, 5.74) is 5.30. The van der Waals surface area contributed by atoms with Crippen LogP contribution in [0.15, 0.2) is 18.3 Å². The van der Waals surface area contributed by atoms with Gasteiger partial charge in [0.1, 0.15) is 11.5 Å². The van der Waals surface area contributed by atoms with E-state index in [9.17, 15) is 13.2 Å². The number of rotatable bonds is 5. The number of halogens is 3. The molecule has 0 aliphatic carbocycles. The first-order valence-electron chi connectivity index (χ1n) is 10.7. The van der Waals surface area contributed by atoms with E-state index in [2.05, 4.69) is 19.6 Å². The van der Waals surface area contributed by atoms with Crippen molar-refractivity contribution in [3.05, 3.63) is 18.3 Å². The molecule has 4 aliphatic rings. The van der Waals surface area contributed by atoms with Crippen molar-refractivity contribution in [1.82, 2.24) is 15.0 Å². The van der Waals surface area contributed by atoms with Gasteiger partial charge in [-0.05, 0) is 25.8 Å². The van der Waals surface area contributed by atoms with Crippen LogP contribution in [0.2, 0.25) is 0 Å². The van der Waals surface area contributed by atoms with Crippen molar-refractivity contribution in [3.8, 4) is 17.0 Å². The average Bonchev–Trinajstić information content (AvgIpc) is 3.15. The third-order valence-corrected chi connectivity index (χ3v) is 6.28. The van der Waals surface area contributed by atoms with E-state index in [0.717, 1.165) is 12.8 Å². The van der Waals surface area contributed by atoms with Crippen LogP contribution in [0.1, 0.15) is 26.2 Å². The van der Waals surface area contributed by atoms with Gasteiger partial charge in [-0.1, -0.05) is 0 Å². The van der Waals surface area contributed by atoms with E-state index in [1.54, 1.807) is 13.0 Å². The van der Waals surface area contributed by atoms with Crippen LogP contribution in [0.3, 0.4) is 0 Å². The van der Waals surface area contributed by atoms with E-state index in [-0.39, 0.29) is 30.3 Å². The Bertz CT molecular complexity index is 999. The van der Waals surface area contributed by atoms with Gasteiger partial charge in [-0.15, -0.1) is 0 Å². The molecule has 11 heteroatoms. The van der Waals surface area contributed by atoms with Gasteiger partial charge < -0.3 is 25.0 Å². The number of morpholine rings is 1. The first-order chi connectivity index (χ1) is 15.3. The van der Waals surface area contributed by atoms with E-state index in [1.165, 1.54) is 12.3 Å². The highest BCUT2D eigenvalue weighted by Gasteiger charge is 2.38. The fraction of sp³-hybridized carbons (Fsp3) is 0.571. The van der Waals surface area contributed by atoms with Crippen molar-refractivity contribution >= 4 is 17.6 Å². The molecule has 172 valence electrons. The fourth-order valence-electron chi connectivity index (χ4n) is 4.57. The van der Waals surface area contributed by atoms with Crippen LogP contribution in [-0.4, -0.2) is 65.6 Å². The van der Waals surface area contributed by atoms with Crippen molar-refractivity contribution in [1.29, 1.82) is 0 Å². The lowest BCUT2D eigenvalue weighted by Gasteiger charge is -2.45. The Morgan fingerprint density at radius 1 is 1.28 bits per heavy atom. The lowest BCUT2D eigenvalue weighted by molar-refractivity contribution is -0.0494. The van der Waals surface area contributed by atoms with Gasteiger partial charge in [-0.3, -0.25) is 0 Å². The Labute approximate surface area is 183 Å². The fourth-order valence-corrected chi connectivity index (χ4v) is 4.57. The summed E-state index contributed by atoms with van der Waals surface area (Å²) in [6.45, 7) is 0.552. The van der Waals surface area contributed by atoms with Gasteiger partial charge in [0, 0.05) is 37.3 Å². The Morgan fingerprint density at radius 3 is 2.75 bits per heavy atom. The maximum atomic E-state index is 14.5. The van der Waals surface area contributed by atoms with Crippen LogP contribution in [0.5, 0.6) is 5.75 Å². The second-order valence-electron chi connectivity index (χ2n) is 8.82. The summed E-state index contributed by atoms with van der Waals surface area (Å²) in [6, 6.07) is 3.38. The number of nitrogens with zero attached hydrogens (tertiary/aromatic N) is 5. The number of anilines is 3.